The Bertz CT molecular complexity index is 312. The van der Waals surface area contributed by atoms with Crippen LogP contribution in [0.15, 0.2) is 30.3 Å². The third-order valence-electron chi connectivity index (χ3n) is 3.47. The van der Waals surface area contributed by atoms with Crippen LogP contribution in [-0.2, 0) is 11.2 Å². The first kappa shape index (κ1) is 11.6. The zero-order valence-electron chi connectivity index (χ0n) is 9.93. The van der Waals surface area contributed by atoms with Gasteiger partial charge in [0, 0.05) is 0 Å². The molecule has 1 fully saturated rings. The van der Waals surface area contributed by atoms with Gasteiger partial charge in [0.2, 0.25) is 0 Å². The van der Waals surface area contributed by atoms with Crippen LogP contribution in [0.25, 0.3) is 0 Å². The van der Waals surface area contributed by atoms with Gasteiger partial charge in [0.05, 0.1) is 12.2 Å². The molecule has 1 aromatic rings. The van der Waals surface area contributed by atoms with Crippen molar-refractivity contribution in [2.45, 2.75) is 38.4 Å². The Balaban J connectivity index is 1.91. The summed E-state index contributed by atoms with van der Waals surface area (Å²) in [7, 11) is 0. The van der Waals surface area contributed by atoms with Gasteiger partial charge in [-0.15, -0.1) is 0 Å². The van der Waals surface area contributed by atoms with Crippen molar-refractivity contribution >= 4 is 0 Å². The molecule has 0 aromatic heterocycles. The topological polar surface area (TPSA) is 35.2 Å². The van der Waals surface area contributed by atoms with E-state index in [0.717, 1.165) is 25.8 Å². The van der Waals surface area contributed by atoms with Gasteiger partial charge in [0.15, 0.2) is 0 Å². The molecule has 0 radical (unpaired) electrons. The highest BCUT2D eigenvalue weighted by molar-refractivity contribution is 5.15. The van der Waals surface area contributed by atoms with Gasteiger partial charge >= 0.3 is 0 Å². The summed E-state index contributed by atoms with van der Waals surface area (Å²) in [5, 5.41) is 0. The SMILES string of the molecule is CC1OC(CCN)CC1Cc1ccccc1. The molecule has 16 heavy (non-hydrogen) atoms. The fourth-order valence-corrected chi connectivity index (χ4v) is 2.54. The van der Waals surface area contributed by atoms with Crippen LogP contribution in [0, 0.1) is 5.92 Å². The molecular formula is C14H21NO. The summed E-state index contributed by atoms with van der Waals surface area (Å²) in [6.45, 7) is 2.92. The van der Waals surface area contributed by atoms with Gasteiger partial charge in [-0.3, -0.25) is 0 Å². The summed E-state index contributed by atoms with van der Waals surface area (Å²) >= 11 is 0. The van der Waals surface area contributed by atoms with Crippen molar-refractivity contribution in [2.24, 2.45) is 11.7 Å². The molecule has 2 rings (SSSR count). The highest BCUT2D eigenvalue weighted by atomic mass is 16.5. The number of rotatable bonds is 4. The molecule has 0 spiro atoms. The molecule has 3 unspecified atom stereocenters. The Morgan fingerprint density at radius 2 is 2.06 bits per heavy atom. The molecule has 1 saturated heterocycles. The van der Waals surface area contributed by atoms with Gasteiger partial charge in [0.1, 0.15) is 0 Å². The third-order valence-corrected chi connectivity index (χ3v) is 3.47. The van der Waals surface area contributed by atoms with E-state index in [9.17, 15) is 0 Å². The maximum atomic E-state index is 5.91. The predicted molar refractivity (Wildman–Crippen MR) is 66.3 cm³/mol. The van der Waals surface area contributed by atoms with E-state index in [-0.39, 0.29) is 0 Å². The van der Waals surface area contributed by atoms with Crippen LogP contribution >= 0.6 is 0 Å². The lowest BCUT2D eigenvalue weighted by Gasteiger charge is -2.13. The summed E-state index contributed by atoms with van der Waals surface area (Å²) < 4.78 is 5.91. The Morgan fingerprint density at radius 1 is 1.31 bits per heavy atom. The second kappa shape index (κ2) is 5.46. The summed E-state index contributed by atoms with van der Waals surface area (Å²) in [5.74, 6) is 0.652. The minimum Gasteiger partial charge on any atom is -0.375 e. The normalized spacial score (nSPS) is 29.5. The number of benzene rings is 1. The first-order chi connectivity index (χ1) is 7.79. The molecule has 1 aliphatic rings. The fraction of sp³-hybridized carbons (Fsp3) is 0.571. The van der Waals surface area contributed by atoms with Crippen molar-refractivity contribution in [3.8, 4) is 0 Å². The van der Waals surface area contributed by atoms with Crippen molar-refractivity contribution in [1.29, 1.82) is 0 Å². The molecule has 88 valence electrons. The minimum atomic E-state index is 0.372. The molecule has 2 nitrogen and oxygen atoms in total. The molecule has 2 heteroatoms. The number of hydrogen-bond donors (Lipinski definition) is 1. The zero-order chi connectivity index (χ0) is 11.4. The van der Waals surface area contributed by atoms with Crippen molar-refractivity contribution in [2.75, 3.05) is 6.54 Å². The molecule has 1 aromatic carbocycles. The Kier molecular flexibility index (Phi) is 3.97. The molecule has 2 N–H and O–H groups in total. The quantitative estimate of drug-likeness (QED) is 0.843. The van der Waals surface area contributed by atoms with Crippen LogP contribution in [-0.4, -0.2) is 18.8 Å². The Morgan fingerprint density at radius 3 is 2.75 bits per heavy atom. The lowest BCUT2D eigenvalue weighted by Crippen LogP contribution is -2.14. The summed E-state index contributed by atoms with van der Waals surface area (Å²) in [6, 6.07) is 10.7. The van der Waals surface area contributed by atoms with Crippen molar-refractivity contribution in [1.82, 2.24) is 0 Å². The first-order valence-electron chi connectivity index (χ1n) is 6.19. The summed E-state index contributed by atoms with van der Waals surface area (Å²) in [5.41, 5.74) is 6.99. The van der Waals surface area contributed by atoms with Gasteiger partial charge in [-0.05, 0) is 44.2 Å². The molecule has 0 bridgehead atoms. The molecule has 1 heterocycles. The van der Waals surface area contributed by atoms with Gasteiger partial charge in [0.25, 0.3) is 0 Å². The van der Waals surface area contributed by atoms with E-state index >= 15 is 0 Å². The lowest BCUT2D eigenvalue weighted by molar-refractivity contribution is 0.0430. The summed E-state index contributed by atoms with van der Waals surface area (Å²) in [4.78, 5) is 0. The van der Waals surface area contributed by atoms with Crippen LogP contribution in [0.2, 0.25) is 0 Å². The summed E-state index contributed by atoms with van der Waals surface area (Å²) in [6.07, 6.45) is 4.04. The number of ether oxygens (including phenoxy) is 1. The second-order valence-corrected chi connectivity index (χ2v) is 4.73. The highest BCUT2D eigenvalue weighted by Crippen LogP contribution is 2.30. The zero-order valence-corrected chi connectivity index (χ0v) is 9.93. The van der Waals surface area contributed by atoms with Gasteiger partial charge in [-0.2, -0.15) is 0 Å². The smallest absolute Gasteiger partial charge is 0.0594 e. The van der Waals surface area contributed by atoms with E-state index in [1.54, 1.807) is 0 Å². The molecule has 0 amide bonds. The van der Waals surface area contributed by atoms with Gasteiger partial charge in [-0.1, -0.05) is 30.3 Å². The van der Waals surface area contributed by atoms with Crippen LogP contribution in [0.4, 0.5) is 0 Å². The average Bonchev–Trinajstić information content (AvgIpc) is 2.61. The van der Waals surface area contributed by atoms with Crippen LogP contribution < -0.4 is 5.73 Å². The van der Waals surface area contributed by atoms with E-state index in [1.807, 2.05) is 0 Å². The van der Waals surface area contributed by atoms with Crippen LogP contribution in [0.5, 0.6) is 0 Å². The minimum absolute atomic E-state index is 0.372. The lowest BCUT2D eigenvalue weighted by atomic mass is 9.92. The Hall–Kier alpha value is -0.860. The maximum Gasteiger partial charge on any atom is 0.0594 e. The van der Waals surface area contributed by atoms with Crippen LogP contribution in [0.3, 0.4) is 0 Å². The van der Waals surface area contributed by atoms with E-state index < -0.39 is 0 Å². The van der Waals surface area contributed by atoms with E-state index in [4.69, 9.17) is 10.5 Å². The van der Waals surface area contributed by atoms with Gasteiger partial charge < -0.3 is 10.5 Å². The molecule has 3 atom stereocenters. The van der Waals surface area contributed by atoms with Crippen molar-refractivity contribution in [3.63, 3.8) is 0 Å². The van der Waals surface area contributed by atoms with E-state index in [0.29, 0.717) is 18.1 Å². The molecule has 1 aliphatic heterocycles. The molecular weight excluding hydrogens is 198 g/mol. The van der Waals surface area contributed by atoms with Crippen LogP contribution in [0.1, 0.15) is 25.3 Å². The monoisotopic (exact) mass is 219 g/mol. The fourth-order valence-electron chi connectivity index (χ4n) is 2.54. The van der Waals surface area contributed by atoms with E-state index in [2.05, 4.69) is 37.3 Å². The third kappa shape index (κ3) is 2.83. The largest absolute Gasteiger partial charge is 0.375 e. The second-order valence-electron chi connectivity index (χ2n) is 4.73. The van der Waals surface area contributed by atoms with Crippen molar-refractivity contribution < 1.29 is 4.74 Å². The highest BCUT2D eigenvalue weighted by Gasteiger charge is 2.31. The first-order valence-corrected chi connectivity index (χ1v) is 6.19. The number of hydrogen-bond acceptors (Lipinski definition) is 2. The van der Waals surface area contributed by atoms with E-state index in [1.165, 1.54) is 5.56 Å². The molecule has 0 aliphatic carbocycles. The maximum absolute atomic E-state index is 5.91. The number of nitrogens with two attached hydrogens (primary N) is 1. The average molecular weight is 219 g/mol. The molecule has 0 saturated carbocycles. The Labute approximate surface area is 97.8 Å². The standard InChI is InChI=1S/C14H21NO/c1-11-13(10-14(16-11)7-8-15)9-12-5-3-2-4-6-12/h2-6,11,13-14H,7-10,15H2,1H3. The van der Waals surface area contributed by atoms with Gasteiger partial charge in [-0.25, -0.2) is 0 Å². The predicted octanol–water partition coefficient (Wildman–Crippen LogP) is 2.37. The van der Waals surface area contributed by atoms with Crippen molar-refractivity contribution in [3.05, 3.63) is 35.9 Å².